The lowest BCUT2D eigenvalue weighted by molar-refractivity contribution is -0.141. The number of carbonyl (C=O) groups is 1. The highest BCUT2D eigenvalue weighted by Crippen LogP contribution is 2.13. The Balaban J connectivity index is 3.97. The van der Waals surface area contributed by atoms with Gasteiger partial charge in [0.05, 0.1) is 12.0 Å². The average Bonchev–Trinajstić information content (AvgIpc) is 2.62. The van der Waals surface area contributed by atoms with Crippen molar-refractivity contribution in [1.82, 2.24) is 0 Å². The number of hydrogen-bond acceptors (Lipinski definition) is 4. The van der Waals surface area contributed by atoms with Crippen LogP contribution in [0.15, 0.2) is 36.5 Å². The fourth-order valence-corrected chi connectivity index (χ4v) is 2.35. The highest BCUT2D eigenvalue weighted by atomic mass is 16.4. The van der Waals surface area contributed by atoms with Gasteiger partial charge in [0, 0.05) is 0 Å². The van der Waals surface area contributed by atoms with Gasteiger partial charge < -0.3 is 20.4 Å². The molecule has 0 heterocycles. The van der Waals surface area contributed by atoms with Crippen LogP contribution in [-0.4, -0.2) is 44.7 Å². The lowest BCUT2D eigenvalue weighted by Crippen LogP contribution is -2.36. The van der Waals surface area contributed by atoms with Crippen LogP contribution in [0.1, 0.15) is 65.2 Å². The number of rotatable bonds is 15. The van der Waals surface area contributed by atoms with Gasteiger partial charge in [-0.3, -0.25) is 4.79 Å². The van der Waals surface area contributed by atoms with Gasteiger partial charge in [0.2, 0.25) is 0 Å². The van der Waals surface area contributed by atoms with Gasteiger partial charge in [-0.15, -0.1) is 0 Å². The van der Waals surface area contributed by atoms with Crippen molar-refractivity contribution in [1.29, 1.82) is 0 Å². The van der Waals surface area contributed by atoms with Crippen LogP contribution >= 0.6 is 0 Å². The molecule has 150 valence electrons. The molecular formula is C21H36O5. The van der Waals surface area contributed by atoms with E-state index in [4.69, 9.17) is 5.11 Å². The first-order valence-electron chi connectivity index (χ1n) is 9.63. The van der Waals surface area contributed by atoms with E-state index < -0.39 is 30.2 Å². The number of carboxylic acid groups (broad SMARTS) is 1. The van der Waals surface area contributed by atoms with E-state index in [1.165, 1.54) is 25.3 Å². The molecule has 0 amide bonds. The third-order valence-electron chi connectivity index (χ3n) is 4.25. The summed E-state index contributed by atoms with van der Waals surface area (Å²) in [6.07, 6.45) is 14.7. The zero-order valence-corrected chi connectivity index (χ0v) is 16.1. The Morgan fingerprint density at radius 2 is 1.54 bits per heavy atom. The van der Waals surface area contributed by atoms with Crippen LogP contribution in [0.3, 0.4) is 0 Å². The molecule has 4 unspecified atom stereocenters. The second-order valence-corrected chi connectivity index (χ2v) is 6.70. The molecule has 0 rings (SSSR count). The van der Waals surface area contributed by atoms with E-state index in [-0.39, 0.29) is 12.8 Å². The predicted octanol–water partition coefficient (Wildman–Crippen LogP) is 3.60. The topological polar surface area (TPSA) is 98.0 Å². The molecule has 26 heavy (non-hydrogen) atoms. The molecule has 0 aromatic heterocycles. The summed E-state index contributed by atoms with van der Waals surface area (Å²) in [4.78, 5) is 10.7. The van der Waals surface area contributed by atoms with E-state index >= 15 is 0 Å². The van der Waals surface area contributed by atoms with E-state index in [2.05, 4.69) is 19.1 Å². The summed E-state index contributed by atoms with van der Waals surface area (Å²) in [6, 6.07) is 0. The van der Waals surface area contributed by atoms with E-state index in [0.717, 1.165) is 12.8 Å². The van der Waals surface area contributed by atoms with Crippen molar-refractivity contribution in [3.63, 3.8) is 0 Å². The zero-order chi connectivity index (χ0) is 19.8. The fraction of sp³-hybridized carbons (Fsp3) is 0.667. The third-order valence-corrected chi connectivity index (χ3v) is 4.25. The van der Waals surface area contributed by atoms with Crippen molar-refractivity contribution < 1.29 is 25.2 Å². The molecule has 0 aliphatic heterocycles. The molecule has 0 bridgehead atoms. The van der Waals surface area contributed by atoms with Crippen LogP contribution in [0, 0.1) is 5.92 Å². The molecule has 0 fully saturated rings. The fourth-order valence-electron chi connectivity index (χ4n) is 2.35. The standard InChI is InChI=1S/C21H36O5/c1-3-4-5-6-7-8-9-10-11-12-13-14-18(22)20(24)19(23)16-15-17(2)21(25)26/h7-8,10-11,13-14,17-20,22-24H,3-6,9,12,15-16H2,1-2H3,(H,25,26)/b8-7-,11-10-,14-13-. The molecule has 0 saturated carbocycles. The van der Waals surface area contributed by atoms with Crippen LogP contribution in [-0.2, 0) is 4.79 Å². The summed E-state index contributed by atoms with van der Waals surface area (Å²) in [6.45, 7) is 3.74. The Labute approximate surface area is 157 Å². The Bertz CT molecular complexity index is 442. The largest absolute Gasteiger partial charge is 0.481 e. The van der Waals surface area contributed by atoms with Crippen molar-refractivity contribution >= 4 is 5.97 Å². The van der Waals surface area contributed by atoms with Crippen LogP contribution in [0.4, 0.5) is 0 Å². The maximum absolute atomic E-state index is 10.7. The lowest BCUT2D eigenvalue weighted by Gasteiger charge is -2.21. The molecule has 0 aliphatic carbocycles. The van der Waals surface area contributed by atoms with Crippen LogP contribution in [0.25, 0.3) is 0 Å². The third kappa shape index (κ3) is 12.9. The first-order chi connectivity index (χ1) is 12.4. The number of aliphatic carboxylic acids is 1. The van der Waals surface area contributed by atoms with Crippen molar-refractivity contribution in [3.05, 3.63) is 36.5 Å². The number of unbranched alkanes of at least 4 members (excludes halogenated alkanes) is 3. The molecule has 0 saturated heterocycles. The van der Waals surface area contributed by atoms with Gasteiger partial charge in [0.25, 0.3) is 0 Å². The van der Waals surface area contributed by atoms with Crippen molar-refractivity contribution in [2.45, 2.75) is 83.5 Å². The molecule has 0 spiro atoms. The Morgan fingerprint density at radius 1 is 0.923 bits per heavy atom. The molecule has 4 N–H and O–H groups in total. The smallest absolute Gasteiger partial charge is 0.306 e. The first-order valence-corrected chi connectivity index (χ1v) is 9.63. The minimum absolute atomic E-state index is 0.129. The Hall–Kier alpha value is -1.43. The quantitative estimate of drug-likeness (QED) is 0.261. The monoisotopic (exact) mass is 368 g/mol. The highest BCUT2D eigenvalue weighted by Gasteiger charge is 2.24. The number of aliphatic hydroxyl groups is 3. The summed E-state index contributed by atoms with van der Waals surface area (Å²) in [5.74, 6) is -1.52. The normalized spacial score (nSPS) is 17.1. The minimum atomic E-state index is -1.32. The Kier molecular flexibility index (Phi) is 14.9. The molecule has 0 radical (unpaired) electrons. The van der Waals surface area contributed by atoms with Crippen molar-refractivity contribution in [3.8, 4) is 0 Å². The van der Waals surface area contributed by atoms with Gasteiger partial charge in [0.15, 0.2) is 0 Å². The zero-order valence-electron chi connectivity index (χ0n) is 16.1. The molecule has 5 heteroatoms. The molecule has 5 nitrogen and oxygen atoms in total. The lowest BCUT2D eigenvalue weighted by atomic mass is 9.98. The second-order valence-electron chi connectivity index (χ2n) is 6.70. The van der Waals surface area contributed by atoms with Crippen molar-refractivity contribution in [2.24, 2.45) is 5.92 Å². The number of carboxylic acids is 1. The maximum atomic E-state index is 10.7. The Morgan fingerprint density at radius 3 is 2.15 bits per heavy atom. The van der Waals surface area contributed by atoms with E-state index in [1.54, 1.807) is 13.0 Å². The van der Waals surface area contributed by atoms with E-state index in [0.29, 0.717) is 6.42 Å². The SMILES string of the molecule is CCCCC/C=C\C/C=C\C/C=C\C(O)C(O)C(O)CCC(C)C(=O)O. The highest BCUT2D eigenvalue weighted by molar-refractivity contribution is 5.69. The summed E-state index contributed by atoms with van der Waals surface area (Å²) >= 11 is 0. The molecular weight excluding hydrogens is 332 g/mol. The van der Waals surface area contributed by atoms with E-state index in [1.807, 2.05) is 12.2 Å². The van der Waals surface area contributed by atoms with Gasteiger partial charge >= 0.3 is 5.97 Å². The van der Waals surface area contributed by atoms with Gasteiger partial charge in [-0.1, -0.05) is 63.1 Å². The number of hydrogen-bond donors (Lipinski definition) is 4. The second kappa shape index (κ2) is 15.8. The molecule has 4 atom stereocenters. The summed E-state index contributed by atoms with van der Waals surface area (Å²) in [7, 11) is 0. The summed E-state index contributed by atoms with van der Waals surface area (Å²) < 4.78 is 0. The first kappa shape index (κ1) is 24.6. The van der Waals surface area contributed by atoms with Crippen LogP contribution in [0.2, 0.25) is 0 Å². The van der Waals surface area contributed by atoms with Gasteiger partial charge in [-0.05, 0) is 38.5 Å². The molecule has 0 aromatic rings. The van der Waals surface area contributed by atoms with Crippen molar-refractivity contribution in [2.75, 3.05) is 0 Å². The summed E-state index contributed by atoms with van der Waals surface area (Å²) in [5.41, 5.74) is 0. The average molecular weight is 369 g/mol. The predicted molar refractivity (Wildman–Crippen MR) is 105 cm³/mol. The summed E-state index contributed by atoms with van der Waals surface area (Å²) in [5, 5.41) is 38.4. The van der Waals surface area contributed by atoms with Crippen LogP contribution in [0.5, 0.6) is 0 Å². The van der Waals surface area contributed by atoms with Gasteiger partial charge in [-0.2, -0.15) is 0 Å². The minimum Gasteiger partial charge on any atom is -0.481 e. The molecule has 0 aliphatic rings. The van der Waals surface area contributed by atoms with Crippen LogP contribution < -0.4 is 0 Å². The number of aliphatic hydroxyl groups excluding tert-OH is 3. The van der Waals surface area contributed by atoms with Gasteiger partial charge in [-0.25, -0.2) is 0 Å². The number of allylic oxidation sites excluding steroid dienone is 5. The van der Waals surface area contributed by atoms with Gasteiger partial charge in [0.1, 0.15) is 12.2 Å². The van der Waals surface area contributed by atoms with E-state index in [9.17, 15) is 20.1 Å². The molecule has 0 aromatic carbocycles. The maximum Gasteiger partial charge on any atom is 0.306 e.